The number of carboxylic acid groups (broad SMARTS) is 1. The smallest absolute Gasteiger partial charge is 0.339 e. The van der Waals surface area contributed by atoms with E-state index in [-0.39, 0.29) is 5.56 Å². The maximum absolute atomic E-state index is 11.1. The van der Waals surface area contributed by atoms with Crippen LogP contribution in [-0.2, 0) is 6.61 Å². The first-order valence-electron chi connectivity index (χ1n) is 5.28. The number of aromatic carboxylic acids is 1. The lowest BCUT2D eigenvalue weighted by Gasteiger charge is -2.10. The third kappa shape index (κ3) is 2.83. The number of carboxylic acids is 1. The zero-order chi connectivity index (χ0) is 13.1. The van der Waals surface area contributed by atoms with E-state index in [1.807, 2.05) is 19.1 Å². The molecule has 1 heterocycles. The van der Waals surface area contributed by atoms with Gasteiger partial charge in [-0.3, -0.25) is 0 Å². The van der Waals surface area contributed by atoms with Gasteiger partial charge in [-0.25, -0.2) is 4.79 Å². The first kappa shape index (κ1) is 12.9. The van der Waals surface area contributed by atoms with Gasteiger partial charge in [-0.1, -0.05) is 23.7 Å². The fraction of sp³-hybridized carbons (Fsp3) is 0.154. The van der Waals surface area contributed by atoms with E-state index in [1.165, 1.54) is 17.4 Å². The van der Waals surface area contributed by atoms with E-state index in [1.54, 1.807) is 12.1 Å². The summed E-state index contributed by atoms with van der Waals surface area (Å²) in [7, 11) is 0. The molecule has 0 aliphatic carbocycles. The van der Waals surface area contributed by atoms with Gasteiger partial charge < -0.3 is 9.84 Å². The average Bonchev–Trinajstić information content (AvgIpc) is 2.73. The SMILES string of the molecule is Cc1cccc(C(=O)O)c1OCc1ccc(Cl)s1. The number of rotatable bonds is 4. The number of aryl methyl sites for hydroxylation is 1. The molecule has 0 unspecified atom stereocenters. The van der Waals surface area contributed by atoms with E-state index in [0.29, 0.717) is 16.7 Å². The molecule has 1 N–H and O–H groups in total. The van der Waals surface area contributed by atoms with Crippen LogP contribution < -0.4 is 4.74 Å². The van der Waals surface area contributed by atoms with Crippen LogP contribution in [0.3, 0.4) is 0 Å². The molecule has 0 saturated carbocycles. The van der Waals surface area contributed by atoms with Gasteiger partial charge in [0.2, 0.25) is 0 Å². The fourth-order valence-electron chi connectivity index (χ4n) is 1.59. The number of halogens is 1. The topological polar surface area (TPSA) is 46.5 Å². The van der Waals surface area contributed by atoms with Crippen LogP contribution in [0.15, 0.2) is 30.3 Å². The Labute approximate surface area is 114 Å². The van der Waals surface area contributed by atoms with Gasteiger partial charge in [-0.2, -0.15) is 0 Å². The Morgan fingerprint density at radius 1 is 1.39 bits per heavy atom. The second-order valence-corrected chi connectivity index (χ2v) is 5.55. The summed E-state index contributed by atoms with van der Waals surface area (Å²) in [5.41, 5.74) is 0.982. The van der Waals surface area contributed by atoms with Gasteiger partial charge in [0.25, 0.3) is 0 Å². The molecule has 0 atom stereocenters. The van der Waals surface area contributed by atoms with Gasteiger partial charge >= 0.3 is 5.97 Å². The van der Waals surface area contributed by atoms with E-state index < -0.39 is 5.97 Å². The summed E-state index contributed by atoms with van der Waals surface area (Å²) >= 11 is 7.24. The molecule has 0 fully saturated rings. The second kappa shape index (κ2) is 5.42. The van der Waals surface area contributed by atoms with Crippen molar-refractivity contribution in [2.45, 2.75) is 13.5 Å². The van der Waals surface area contributed by atoms with E-state index in [2.05, 4.69) is 0 Å². The first-order chi connectivity index (χ1) is 8.58. The van der Waals surface area contributed by atoms with Crippen molar-refractivity contribution in [3.8, 4) is 5.75 Å². The van der Waals surface area contributed by atoms with Gasteiger partial charge in [0.05, 0.1) is 4.34 Å². The molecule has 0 saturated heterocycles. The standard InChI is InChI=1S/C13H11ClO3S/c1-8-3-2-4-10(13(15)16)12(8)17-7-9-5-6-11(14)18-9/h2-6H,7H2,1H3,(H,15,16). The van der Waals surface area contributed by atoms with Crippen LogP contribution in [0.4, 0.5) is 0 Å². The number of ether oxygens (including phenoxy) is 1. The zero-order valence-electron chi connectivity index (χ0n) is 9.64. The van der Waals surface area contributed by atoms with Crippen LogP contribution in [0.25, 0.3) is 0 Å². The van der Waals surface area contributed by atoms with Crippen molar-refractivity contribution in [2.24, 2.45) is 0 Å². The van der Waals surface area contributed by atoms with Crippen molar-refractivity contribution >= 4 is 28.9 Å². The lowest BCUT2D eigenvalue weighted by Crippen LogP contribution is -2.04. The summed E-state index contributed by atoms with van der Waals surface area (Å²) in [4.78, 5) is 12.0. The minimum absolute atomic E-state index is 0.178. The van der Waals surface area contributed by atoms with Gasteiger partial charge in [0, 0.05) is 4.88 Å². The van der Waals surface area contributed by atoms with Crippen LogP contribution in [0.5, 0.6) is 5.75 Å². The molecule has 3 nitrogen and oxygen atoms in total. The molecular formula is C13H11ClO3S. The maximum atomic E-state index is 11.1. The Kier molecular flexibility index (Phi) is 3.89. The van der Waals surface area contributed by atoms with Crippen molar-refractivity contribution in [3.05, 3.63) is 50.7 Å². The number of hydrogen-bond acceptors (Lipinski definition) is 3. The highest BCUT2D eigenvalue weighted by molar-refractivity contribution is 7.16. The summed E-state index contributed by atoms with van der Waals surface area (Å²) in [6.45, 7) is 2.14. The van der Waals surface area contributed by atoms with Crippen molar-refractivity contribution in [1.82, 2.24) is 0 Å². The highest BCUT2D eigenvalue weighted by Crippen LogP contribution is 2.27. The molecular weight excluding hydrogens is 272 g/mol. The van der Waals surface area contributed by atoms with Crippen LogP contribution in [0.2, 0.25) is 4.34 Å². The Hall–Kier alpha value is -1.52. The quantitative estimate of drug-likeness (QED) is 0.922. The summed E-state index contributed by atoms with van der Waals surface area (Å²) < 4.78 is 6.29. The molecule has 94 valence electrons. The predicted octanol–water partition coefficient (Wildman–Crippen LogP) is 3.99. The summed E-state index contributed by atoms with van der Waals surface area (Å²) in [5.74, 6) is -0.576. The minimum atomic E-state index is -0.988. The molecule has 1 aromatic carbocycles. The second-order valence-electron chi connectivity index (χ2n) is 3.75. The predicted molar refractivity (Wildman–Crippen MR) is 71.8 cm³/mol. The van der Waals surface area contributed by atoms with Crippen molar-refractivity contribution in [2.75, 3.05) is 0 Å². The van der Waals surface area contributed by atoms with Crippen molar-refractivity contribution < 1.29 is 14.6 Å². The average molecular weight is 283 g/mol. The first-order valence-corrected chi connectivity index (χ1v) is 6.47. The summed E-state index contributed by atoms with van der Waals surface area (Å²) in [5, 5.41) is 9.09. The number of benzene rings is 1. The number of para-hydroxylation sites is 1. The Balaban J connectivity index is 2.20. The van der Waals surface area contributed by atoms with Gasteiger partial charge in [-0.05, 0) is 30.7 Å². The number of hydrogen-bond donors (Lipinski definition) is 1. The molecule has 2 aromatic rings. The molecule has 0 aliphatic heterocycles. The van der Waals surface area contributed by atoms with E-state index >= 15 is 0 Å². The molecule has 2 rings (SSSR count). The molecule has 0 spiro atoms. The third-order valence-corrected chi connectivity index (χ3v) is 3.63. The molecule has 0 bridgehead atoms. The molecule has 0 aliphatic rings. The van der Waals surface area contributed by atoms with Gasteiger partial charge in [-0.15, -0.1) is 11.3 Å². The maximum Gasteiger partial charge on any atom is 0.339 e. The Bertz CT molecular complexity index is 577. The normalized spacial score (nSPS) is 10.3. The Morgan fingerprint density at radius 2 is 2.17 bits per heavy atom. The van der Waals surface area contributed by atoms with E-state index in [0.717, 1.165) is 10.4 Å². The fourth-order valence-corrected chi connectivity index (χ4v) is 2.59. The van der Waals surface area contributed by atoms with Crippen molar-refractivity contribution in [1.29, 1.82) is 0 Å². The van der Waals surface area contributed by atoms with E-state index in [4.69, 9.17) is 21.4 Å². The van der Waals surface area contributed by atoms with Crippen LogP contribution in [0.1, 0.15) is 20.8 Å². The molecule has 0 amide bonds. The zero-order valence-corrected chi connectivity index (χ0v) is 11.2. The minimum Gasteiger partial charge on any atom is -0.487 e. The monoisotopic (exact) mass is 282 g/mol. The third-order valence-electron chi connectivity index (χ3n) is 2.43. The van der Waals surface area contributed by atoms with Crippen LogP contribution in [-0.4, -0.2) is 11.1 Å². The summed E-state index contributed by atoms with van der Waals surface area (Å²) in [6.07, 6.45) is 0. The highest BCUT2D eigenvalue weighted by Gasteiger charge is 2.13. The van der Waals surface area contributed by atoms with E-state index in [9.17, 15) is 4.79 Å². The highest BCUT2D eigenvalue weighted by atomic mass is 35.5. The lowest BCUT2D eigenvalue weighted by molar-refractivity contribution is 0.0691. The van der Waals surface area contributed by atoms with Crippen molar-refractivity contribution in [3.63, 3.8) is 0 Å². The lowest BCUT2D eigenvalue weighted by atomic mass is 10.1. The molecule has 1 aromatic heterocycles. The molecule has 5 heteroatoms. The summed E-state index contributed by atoms with van der Waals surface area (Å²) in [6, 6.07) is 8.72. The molecule has 0 radical (unpaired) electrons. The number of thiophene rings is 1. The van der Waals surface area contributed by atoms with Gasteiger partial charge in [0.15, 0.2) is 0 Å². The van der Waals surface area contributed by atoms with Gasteiger partial charge in [0.1, 0.15) is 17.9 Å². The molecule has 18 heavy (non-hydrogen) atoms. The Morgan fingerprint density at radius 3 is 2.78 bits per heavy atom. The largest absolute Gasteiger partial charge is 0.487 e. The van der Waals surface area contributed by atoms with Crippen LogP contribution in [0, 0.1) is 6.92 Å². The number of carbonyl (C=O) groups is 1. The van der Waals surface area contributed by atoms with Crippen LogP contribution >= 0.6 is 22.9 Å².